The first kappa shape index (κ1) is 16.8. The van der Waals surface area contributed by atoms with Crippen molar-refractivity contribution in [3.05, 3.63) is 47.3 Å². The van der Waals surface area contributed by atoms with Crippen LogP contribution in [0.15, 0.2) is 41.8 Å². The molecule has 2 heterocycles. The van der Waals surface area contributed by atoms with Crippen LogP contribution in [-0.2, 0) is 16.1 Å². The number of Topliss-reactive ketones (excluding diaryl/α,β-unsaturated/α-hetero) is 1. The molecule has 0 aliphatic rings. The minimum absolute atomic E-state index is 0.214. The van der Waals surface area contributed by atoms with Crippen LogP contribution in [0.5, 0.6) is 5.75 Å². The van der Waals surface area contributed by atoms with Crippen molar-refractivity contribution in [2.24, 2.45) is 0 Å². The number of esters is 1. The minimum Gasteiger partial charge on any atom is -0.497 e. The molecule has 0 atom stereocenters. The van der Waals surface area contributed by atoms with E-state index in [1.54, 1.807) is 31.4 Å². The lowest BCUT2D eigenvalue weighted by Gasteiger charge is -2.04. The van der Waals surface area contributed by atoms with E-state index in [1.165, 1.54) is 11.3 Å². The van der Waals surface area contributed by atoms with Gasteiger partial charge in [-0.05, 0) is 40.9 Å². The summed E-state index contributed by atoms with van der Waals surface area (Å²) < 4.78 is 10.00. The van der Waals surface area contributed by atoms with E-state index in [4.69, 9.17) is 9.47 Å². The molecule has 0 unspecified atom stereocenters. The molecule has 1 aromatic carbocycles. The number of carbonyl (C=O) groups is 2. The molecule has 0 bridgehead atoms. The Bertz CT molecular complexity index is 859. The molecular weight excluding hydrogens is 344 g/mol. The number of ether oxygens (including phenoxy) is 2. The van der Waals surface area contributed by atoms with Crippen LogP contribution in [0.4, 0.5) is 0 Å². The van der Waals surface area contributed by atoms with Crippen LogP contribution in [0.2, 0.25) is 0 Å². The van der Waals surface area contributed by atoms with Gasteiger partial charge in [-0.1, -0.05) is 6.07 Å². The van der Waals surface area contributed by atoms with E-state index in [0.717, 1.165) is 9.67 Å². The lowest BCUT2D eigenvalue weighted by molar-refractivity contribution is -0.143. The van der Waals surface area contributed by atoms with Crippen LogP contribution >= 0.6 is 11.3 Å². The van der Waals surface area contributed by atoms with Crippen molar-refractivity contribution >= 4 is 23.1 Å². The first-order valence-electron chi connectivity index (χ1n) is 7.30. The number of carbonyl (C=O) groups excluding carboxylic acids is 2. The van der Waals surface area contributed by atoms with Crippen LogP contribution in [0.3, 0.4) is 0 Å². The maximum Gasteiger partial charge on any atom is 0.330 e. The second-order valence-electron chi connectivity index (χ2n) is 4.93. The average molecular weight is 358 g/mol. The Kier molecular flexibility index (Phi) is 5.14. The Labute approximate surface area is 147 Å². The van der Waals surface area contributed by atoms with Crippen molar-refractivity contribution in [2.45, 2.75) is 6.54 Å². The fourth-order valence-corrected chi connectivity index (χ4v) is 2.63. The van der Waals surface area contributed by atoms with Gasteiger partial charge in [-0.25, -0.2) is 4.79 Å². The highest BCUT2D eigenvalue weighted by Gasteiger charge is 2.13. The van der Waals surface area contributed by atoms with Crippen molar-refractivity contribution in [3.63, 3.8) is 0 Å². The molecule has 3 rings (SSSR count). The van der Waals surface area contributed by atoms with E-state index in [-0.39, 0.29) is 18.9 Å². The summed E-state index contributed by atoms with van der Waals surface area (Å²) in [5, 5.41) is 13.7. The van der Waals surface area contributed by atoms with Crippen LogP contribution in [-0.4, -0.2) is 45.7 Å². The van der Waals surface area contributed by atoms with Crippen molar-refractivity contribution in [1.29, 1.82) is 0 Å². The Morgan fingerprint density at radius 2 is 2.00 bits per heavy atom. The number of benzene rings is 1. The first-order valence-corrected chi connectivity index (χ1v) is 8.18. The number of hydrogen-bond acceptors (Lipinski definition) is 8. The van der Waals surface area contributed by atoms with E-state index < -0.39 is 5.97 Å². The van der Waals surface area contributed by atoms with Crippen molar-refractivity contribution in [1.82, 2.24) is 20.2 Å². The van der Waals surface area contributed by atoms with E-state index in [0.29, 0.717) is 17.1 Å². The fourth-order valence-electron chi connectivity index (χ4n) is 1.98. The minimum atomic E-state index is -0.614. The number of methoxy groups -OCH3 is 1. The van der Waals surface area contributed by atoms with Crippen LogP contribution in [0.1, 0.15) is 10.4 Å². The highest BCUT2D eigenvalue weighted by atomic mass is 32.1. The van der Waals surface area contributed by atoms with E-state index in [2.05, 4.69) is 15.4 Å². The third kappa shape index (κ3) is 4.27. The molecule has 0 amide bonds. The van der Waals surface area contributed by atoms with Gasteiger partial charge in [0, 0.05) is 5.56 Å². The van der Waals surface area contributed by atoms with Gasteiger partial charge in [0.05, 0.1) is 12.0 Å². The number of hydrogen-bond donors (Lipinski definition) is 0. The molecule has 0 saturated carbocycles. The Hall–Kier alpha value is -3.07. The molecule has 0 radical (unpaired) electrons. The van der Waals surface area contributed by atoms with Crippen molar-refractivity contribution in [3.8, 4) is 16.5 Å². The van der Waals surface area contributed by atoms with Gasteiger partial charge in [0.15, 0.2) is 18.9 Å². The van der Waals surface area contributed by atoms with Crippen molar-refractivity contribution in [2.75, 3.05) is 13.7 Å². The van der Waals surface area contributed by atoms with Gasteiger partial charge in [0.2, 0.25) is 5.82 Å². The average Bonchev–Trinajstić information content (AvgIpc) is 3.31. The Morgan fingerprint density at radius 1 is 1.20 bits per heavy atom. The monoisotopic (exact) mass is 358 g/mol. The van der Waals surface area contributed by atoms with Gasteiger partial charge in [-0.2, -0.15) is 4.80 Å². The Morgan fingerprint density at radius 3 is 2.68 bits per heavy atom. The highest BCUT2D eigenvalue weighted by molar-refractivity contribution is 7.13. The maximum absolute atomic E-state index is 12.0. The highest BCUT2D eigenvalue weighted by Crippen LogP contribution is 2.19. The van der Waals surface area contributed by atoms with E-state index in [1.807, 2.05) is 17.5 Å². The summed E-state index contributed by atoms with van der Waals surface area (Å²) in [6.07, 6.45) is 0. The molecule has 8 nitrogen and oxygen atoms in total. The first-order chi connectivity index (χ1) is 12.2. The molecule has 2 aromatic heterocycles. The van der Waals surface area contributed by atoms with Gasteiger partial charge in [-0.3, -0.25) is 4.79 Å². The molecule has 0 aliphatic carbocycles. The van der Waals surface area contributed by atoms with Crippen LogP contribution in [0.25, 0.3) is 10.7 Å². The SMILES string of the molecule is COc1ccc(C(=O)COC(=O)Cn2nnc(-c3cccs3)n2)cc1. The standard InChI is InChI=1S/C16H14N4O4S/c1-23-12-6-4-11(5-7-12)13(21)10-24-15(22)9-20-18-16(17-19-20)14-3-2-8-25-14/h2-8H,9-10H2,1H3. The van der Waals surface area contributed by atoms with Crippen molar-refractivity contribution < 1.29 is 19.1 Å². The second kappa shape index (κ2) is 7.67. The predicted octanol–water partition coefficient (Wildman–Crippen LogP) is 1.84. The fraction of sp³-hybridized carbons (Fsp3) is 0.188. The normalized spacial score (nSPS) is 10.4. The molecule has 0 saturated heterocycles. The summed E-state index contributed by atoms with van der Waals surface area (Å²) in [7, 11) is 1.54. The number of aromatic nitrogens is 4. The molecule has 0 spiro atoms. The summed E-state index contributed by atoms with van der Waals surface area (Å²) in [4.78, 5) is 25.8. The summed E-state index contributed by atoms with van der Waals surface area (Å²) in [5.74, 6) is 0.170. The third-order valence-electron chi connectivity index (χ3n) is 3.24. The Balaban J connectivity index is 1.51. The largest absolute Gasteiger partial charge is 0.497 e. The molecule has 128 valence electrons. The van der Waals surface area contributed by atoms with Gasteiger partial charge >= 0.3 is 5.97 Å². The van der Waals surface area contributed by atoms with E-state index in [9.17, 15) is 9.59 Å². The molecule has 0 aliphatic heterocycles. The van der Waals surface area contributed by atoms with Crippen LogP contribution < -0.4 is 4.74 Å². The zero-order chi connectivity index (χ0) is 17.6. The zero-order valence-electron chi connectivity index (χ0n) is 13.3. The summed E-state index contributed by atoms with van der Waals surface area (Å²) in [6, 6.07) is 10.3. The lowest BCUT2D eigenvalue weighted by atomic mass is 10.1. The topological polar surface area (TPSA) is 96.2 Å². The molecule has 0 fully saturated rings. The van der Waals surface area contributed by atoms with Gasteiger partial charge in [0.25, 0.3) is 0 Å². The molecule has 25 heavy (non-hydrogen) atoms. The zero-order valence-corrected chi connectivity index (χ0v) is 14.1. The quantitative estimate of drug-likeness (QED) is 0.469. The number of tetrazole rings is 1. The number of ketones is 1. The number of rotatable bonds is 7. The van der Waals surface area contributed by atoms with Crippen LogP contribution in [0, 0.1) is 0 Å². The molecule has 0 N–H and O–H groups in total. The molecule has 9 heteroatoms. The predicted molar refractivity (Wildman–Crippen MR) is 89.4 cm³/mol. The second-order valence-corrected chi connectivity index (χ2v) is 5.88. The summed E-state index contributed by atoms with van der Waals surface area (Å²) in [6.45, 7) is -0.564. The lowest BCUT2D eigenvalue weighted by Crippen LogP contribution is -2.19. The summed E-state index contributed by atoms with van der Waals surface area (Å²) >= 11 is 1.47. The van der Waals surface area contributed by atoms with Gasteiger partial charge in [-0.15, -0.1) is 21.5 Å². The van der Waals surface area contributed by atoms with E-state index >= 15 is 0 Å². The maximum atomic E-state index is 12.0. The summed E-state index contributed by atoms with van der Waals surface area (Å²) in [5.41, 5.74) is 0.437. The number of nitrogens with zero attached hydrogens (tertiary/aromatic N) is 4. The molecular formula is C16H14N4O4S. The van der Waals surface area contributed by atoms with Gasteiger partial charge in [0.1, 0.15) is 5.75 Å². The molecule has 3 aromatic rings. The smallest absolute Gasteiger partial charge is 0.330 e. The third-order valence-corrected chi connectivity index (χ3v) is 4.11. The number of thiophene rings is 1. The van der Waals surface area contributed by atoms with Gasteiger partial charge < -0.3 is 9.47 Å².